The Kier molecular flexibility index (Phi) is 6.32. The van der Waals surface area contributed by atoms with Gasteiger partial charge in [0.15, 0.2) is 5.69 Å². The van der Waals surface area contributed by atoms with E-state index >= 15 is 0 Å². The zero-order valence-electron chi connectivity index (χ0n) is 18.7. The van der Waals surface area contributed by atoms with Crippen LogP contribution in [0.25, 0.3) is 10.9 Å². The molecule has 0 aliphatic carbocycles. The van der Waals surface area contributed by atoms with E-state index in [2.05, 4.69) is 44.7 Å². The molecule has 34 heavy (non-hydrogen) atoms. The Morgan fingerprint density at radius 1 is 1.06 bits per heavy atom. The number of nitrogens with one attached hydrogen (secondary N) is 1. The highest BCUT2D eigenvalue weighted by atomic mass is 35.5. The van der Waals surface area contributed by atoms with E-state index in [1.807, 2.05) is 54.0 Å². The van der Waals surface area contributed by atoms with Gasteiger partial charge in [0.25, 0.3) is 0 Å². The molecule has 0 bridgehead atoms. The van der Waals surface area contributed by atoms with Crippen LogP contribution in [0.3, 0.4) is 0 Å². The summed E-state index contributed by atoms with van der Waals surface area (Å²) in [6, 6.07) is 21.9. The number of azo groups is 1. The lowest BCUT2D eigenvalue weighted by molar-refractivity contribution is 0.194. The quantitative estimate of drug-likeness (QED) is 0.244. The number of aromatic nitrogens is 1. The highest BCUT2D eigenvalue weighted by Crippen LogP contribution is 2.39. The average molecular weight is 490 g/mol. The number of hydrogen-bond donors (Lipinski definition) is 2. The van der Waals surface area contributed by atoms with E-state index in [9.17, 15) is 5.11 Å². The van der Waals surface area contributed by atoms with Crippen molar-refractivity contribution in [3.05, 3.63) is 88.4 Å². The van der Waals surface area contributed by atoms with Crippen LogP contribution in [0, 0.1) is 6.92 Å². The van der Waals surface area contributed by atoms with E-state index < -0.39 is 0 Å². The number of para-hydroxylation sites is 1. The molecule has 0 fully saturated rings. The Hall–Kier alpha value is -3.26. The smallest absolute Gasteiger partial charge is 0.221 e. The zero-order chi connectivity index (χ0) is 23.7. The van der Waals surface area contributed by atoms with Gasteiger partial charge in [-0.1, -0.05) is 60.1 Å². The number of thiocarbonyl (C=S) groups is 1. The first-order valence-corrected chi connectivity index (χ1v) is 11.9. The number of aromatic hydroxyl groups is 1. The summed E-state index contributed by atoms with van der Waals surface area (Å²) in [5.74, 6) is 0.0746. The summed E-state index contributed by atoms with van der Waals surface area (Å²) in [6.45, 7) is 4.22. The Balaban J connectivity index is 1.40. The van der Waals surface area contributed by atoms with Crippen molar-refractivity contribution >= 4 is 51.2 Å². The fourth-order valence-corrected chi connectivity index (χ4v) is 4.69. The van der Waals surface area contributed by atoms with E-state index in [0.29, 0.717) is 17.4 Å². The molecule has 172 valence electrons. The van der Waals surface area contributed by atoms with Crippen LogP contribution in [0.1, 0.15) is 16.7 Å². The van der Waals surface area contributed by atoms with Crippen molar-refractivity contribution in [1.82, 2.24) is 9.47 Å². The maximum absolute atomic E-state index is 11.1. The Bertz CT molecular complexity index is 1410. The van der Waals surface area contributed by atoms with Crippen LogP contribution in [0.2, 0.25) is 5.02 Å². The van der Waals surface area contributed by atoms with E-state index in [0.717, 1.165) is 41.7 Å². The molecule has 0 spiro atoms. The van der Waals surface area contributed by atoms with Gasteiger partial charge in [0, 0.05) is 29.2 Å². The second kappa shape index (κ2) is 9.54. The molecule has 0 unspecified atom stereocenters. The van der Waals surface area contributed by atoms with Crippen molar-refractivity contribution < 1.29 is 5.11 Å². The number of hydrogen-bond acceptors (Lipinski definition) is 4. The summed E-state index contributed by atoms with van der Waals surface area (Å²) in [5.41, 5.74) is 5.68. The van der Waals surface area contributed by atoms with Gasteiger partial charge in [0.1, 0.15) is 0 Å². The monoisotopic (exact) mass is 489 g/mol. The van der Waals surface area contributed by atoms with Crippen LogP contribution < -0.4 is 5.32 Å². The van der Waals surface area contributed by atoms with Crippen LogP contribution >= 0.6 is 23.8 Å². The second-order valence-corrected chi connectivity index (χ2v) is 9.17. The predicted octanol–water partition coefficient (Wildman–Crippen LogP) is 6.81. The minimum Gasteiger partial charge on any atom is -0.493 e. The largest absolute Gasteiger partial charge is 0.493 e. The molecule has 1 aliphatic heterocycles. The third-order valence-electron chi connectivity index (χ3n) is 6.22. The minimum atomic E-state index is 0.0746. The Labute approximate surface area is 208 Å². The summed E-state index contributed by atoms with van der Waals surface area (Å²) >= 11 is 11.6. The van der Waals surface area contributed by atoms with Crippen molar-refractivity contribution in [2.75, 3.05) is 11.9 Å². The van der Waals surface area contributed by atoms with Crippen molar-refractivity contribution in [1.29, 1.82) is 0 Å². The van der Waals surface area contributed by atoms with Gasteiger partial charge in [0.05, 0.1) is 12.2 Å². The van der Waals surface area contributed by atoms with Gasteiger partial charge < -0.3 is 10.4 Å². The van der Waals surface area contributed by atoms with Crippen LogP contribution in [0.4, 0.5) is 11.4 Å². The summed E-state index contributed by atoms with van der Waals surface area (Å²) in [5, 5.41) is 24.3. The molecular weight excluding hydrogens is 466 g/mol. The third kappa shape index (κ3) is 4.42. The fourth-order valence-electron chi connectivity index (χ4n) is 4.37. The van der Waals surface area contributed by atoms with Crippen molar-refractivity contribution in [3.8, 4) is 5.88 Å². The van der Waals surface area contributed by atoms with Gasteiger partial charge >= 0.3 is 0 Å². The van der Waals surface area contributed by atoms with Crippen LogP contribution in [0.15, 0.2) is 77.0 Å². The molecule has 8 heteroatoms. The number of fused-ring (bicyclic) bond motifs is 2. The molecule has 0 amide bonds. The molecule has 4 aromatic rings. The lowest BCUT2D eigenvalue weighted by Crippen LogP contribution is -2.32. The van der Waals surface area contributed by atoms with E-state index in [1.165, 1.54) is 11.1 Å². The molecule has 0 radical (unpaired) electrons. The summed E-state index contributed by atoms with van der Waals surface area (Å²) in [7, 11) is 0. The molecule has 1 aliphatic rings. The number of anilines is 1. The molecule has 5 rings (SSSR count). The maximum Gasteiger partial charge on any atom is 0.221 e. The summed E-state index contributed by atoms with van der Waals surface area (Å²) in [6.07, 6.45) is 0.992. The standard InChI is InChI=1S/C26H24ClN5OS/c1-17-21(27)10-6-11-22(17)28-26(34)30-29-24-20-9-4-5-12-23(20)32(25(24)33)16-31-14-13-18-7-2-3-8-19(18)15-31/h2-12,33H,13-16H2,1H3,(H,28,34). The van der Waals surface area contributed by atoms with Gasteiger partial charge in [0.2, 0.25) is 11.0 Å². The molecule has 2 N–H and O–H groups in total. The highest BCUT2D eigenvalue weighted by molar-refractivity contribution is 7.80. The minimum absolute atomic E-state index is 0.0746. The lowest BCUT2D eigenvalue weighted by Gasteiger charge is -2.29. The van der Waals surface area contributed by atoms with E-state index in [4.69, 9.17) is 23.8 Å². The van der Waals surface area contributed by atoms with Crippen molar-refractivity contribution in [2.45, 2.75) is 26.6 Å². The SMILES string of the molecule is Cc1c(Cl)cccc1NC(=S)N=Nc1c(O)n(CN2CCc3ccccc3C2)c2ccccc12. The Morgan fingerprint density at radius 2 is 1.82 bits per heavy atom. The first kappa shape index (κ1) is 22.5. The zero-order valence-corrected chi connectivity index (χ0v) is 20.3. The second-order valence-electron chi connectivity index (χ2n) is 8.37. The first-order valence-electron chi connectivity index (χ1n) is 11.1. The predicted molar refractivity (Wildman–Crippen MR) is 141 cm³/mol. The molecular formula is C26H24ClN5OS. The number of nitrogens with zero attached hydrogens (tertiary/aromatic N) is 4. The Morgan fingerprint density at radius 3 is 2.68 bits per heavy atom. The van der Waals surface area contributed by atoms with Crippen molar-refractivity contribution in [3.63, 3.8) is 0 Å². The van der Waals surface area contributed by atoms with Gasteiger partial charge in [-0.25, -0.2) is 0 Å². The first-order chi connectivity index (χ1) is 16.5. The van der Waals surface area contributed by atoms with E-state index in [-0.39, 0.29) is 11.0 Å². The van der Waals surface area contributed by atoms with E-state index in [1.54, 1.807) is 0 Å². The van der Waals surface area contributed by atoms with Gasteiger partial charge in [-0.15, -0.1) is 10.2 Å². The lowest BCUT2D eigenvalue weighted by atomic mass is 10.0. The summed E-state index contributed by atoms with van der Waals surface area (Å²) < 4.78 is 1.88. The van der Waals surface area contributed by atoms with Crippen LogP contribution in [0.5, 0.6) is 5.88 Å². The van der Waals surface area contributed by atoms with Gasteiger partial charge in [-0.2, -0.15) is 0 Å². The normalized spacial score (nSPS) is 13.9. The molecule has 0 atom stereocenters. The molecule has 0 saturated carbocycles. The maximum atomic E-state index is 11.1. The van der Waals surface area contributed by atoms with Crippen molar-refractivity contribution in [2.24, 2.45) is 10.2 Å². The fraction of sp³-hybridized carbons (Fsp3) is 0.192. The topological polar surface area (TPSA) is 65.2 Å². The molecule has 3 aromatic carbocycles. The van der Waals surface area contributed by atoms with Crippen LogP contribution in [-0.4, -0.2) is 26.2 Å². The molecule has 0 saturated heterocycles. The number of rotatable bonds is 4. The average Bonchev–Trinajstić information content (AvgIpc) is 3.11. The molecule has 6 nitrogen and oxygen atoms in total. The third-order valence-corrected chi connectivity index (χ3v) is 6.81. The van der Waals surface area contributed by atoms with Gasteiger partial charge in [-0.3, -0.25) is 9.47 Å². The molecule has 2 heterocycles. The highest BCUT2D eigenvalue weighted by Gasteiger charge is 2.21. The molecule has 1 aromatic heterocycles. The number of benzene rings is 3. The number of halogens is 1. The summed E-state index contributed by atoms with van der Waals surface area (Å²) in [4.78, 5) is 2.32. The van der Waals surface area contributed by atoms with Crippen LogP contribution in [-0.2, 0) is 19.6 Å². The van der Waals surface area contributed by atoms with Gasteiger partial charge in [-0.05, 0) is 60.5 Å².